The number of nitrogens with one attached hydrogen (secondary N) is 1. The molecule has 108 valence electrons. The fourth-order valence-corrected chi connectivity index (χ4v) is 2.85. The summed E-state index contributed by atoms with van der Waals surface area (Å²) in [5.74, 6) is 1.50. The van der Waals surface area contributed by atoms with Crippen molar-refractivity contribution >= 4 is 11.5 Å². The molecule has 0 amide bonds. The van der Waals surface area contributed by atoms with Crippen LogP contribution in [0.4, 0.5) is 5.82 Å². The van der Waals surface area contributed by atoms with Crippen molar-refractivity contribution in [2.24, 2.45) is 5.73 Å². The molecule has 2 aromatic rings. The van der Waals surface area contributed by atoms with E-state index in [4.69, 9.17) is 10.7 Å². The topological polar surface area (TPSA) is 68.2 Å². The zero-order valence-electron chi connectivity index (χ0n) is 12.2. The number of anilines is 1. The number of nitrogens with two attached hydrogens (primary N) is 1. The van der Waals surface area contributed by atoms with Crippen LogP contribution in [0.3, 0.4) is 0 Å². The summed E-state index contributed by atoms with van der Waals surface area (Å²) in [6.07, 6.45) is 6.15. The summed E-state index contributed by atoms with van der Waals surface area (Å²) in [4.78, 5) is 4.69. The van der Waals surface area contributed by atoms with Crippen LogP contribution in [-0.4, -0.2) is 26.7 Å². The van der Waals surface area contributed by atoms with Gasteiger partial charge in [-0.15, -0.1) is 0 Å². The van der Waals surface area contributed by atoms with E-state index in [0.29, 0.717) is 18.0 Å². The Morgan fingerprint density at radius 2 is 2.35 bits per heavy atom. The van der Waals surface area contributed by atoms with Gasteiger partial charge in [-0.3, -0.25) is 0 Å². The maximum atomic E-state index is 6.00. The number of aromatic nitrogens is 3. The molecule has 1 fully saturated rings. The van der Waals surface area contributed by atoms with Gasteiger partial charge in [-0.2, -0.15) is 9.61 Å². The van der Waals surface area contributed by atoms with Gasteiger partial charge in [0.05, 0.1) is 6.20 Å². The molecule has 0 aromatic carbocycles. The van der Waals surface area contributed by atoms with Gasteiger partial charge in [-0.25, -0.2) is 4.98 Å². The summed E-state index contributed by atoms with van der Waals surface area (Å²) in [7, 11) is 0. The van der Waals surface area contributed by atoms with Gasteiger partial charge in [-0.1, -0.05) is 13.8 Å². The Labute approximate surface area is 119 Å². The molecule has 0 saturated heterocycles. The first-order chi connectivity index (χ1) is 9.67. The summed E-state index contributed by atoms with van der Waals surface area (Å²) in [6.45, 7) is 4.40. The monoisotopic (exact) mass is 273 g/mol. The van der Waals surface area contributed by atoms with E-state index in [1.165, 1.54) is 0 Å². The molecule has 5 nitrogen and oxygen atoms in total. The van der Waals surface area contributed by atoms with E-state index in [0.717, 1.165) is 42.8 Å². The van der Waals surface area contributed by atoms with Crippen LogP contribution in [0.5, 0.6) is 0 Å². The minimum absolute atomic E-state index is 0.330. The van der Waals surface area contributed by atoms with Crippen molar-refractivity contribution in [1.82, 2.24) is 14.6 Å². The molecule has 1 aliphatic carbocycles. The first-order valence-corrected chi connectivity index (χ1v) is 7.54. The van der Waals surface area contributed by atoms with Gasteiger partial charge in [0.2, 0.25) is 0 Å². The molecule has 5 heteroatoms. The predicted octanol–water partition coefficient (Wildman–Crippen LogP) is 2.53. The molecule has 0 aliphatic heterocycles. The van der Waals surface area contributed by atoms with Crippen molar-refractivity contribution in [2.45, 2.75) is 57.5 Å². The Hall–Kier alpha value is -1.62. The third-order valence-corrected chi connectivity index (χ3v) is 4.32. The van der Waals surface area contributed by atoms with E-state index < -0.39 is 0 Å². The molecular weight excluding hydrogens is 250 g/mol. The lowest BCUT2D eigenvalue weighted by Gasteiger charge is -2.17. The number of fused-ring (bicyclic) bond motifs is 1. The van der Waals surface area contributed by atoms with Crippen molar-refractivity contribution in [3.63, 3.8) is 0 Å². The Balaban J connectivity index is 1.93. The SMILES string of the molecule is CCC(C)c1cc(N[C@@H]2CC[C@H](N)C2)n2nccc2n1. The minimum Gasteiger partial charge on any atom is -0.367 e. The van der Waals surface area contributed by atoms with Crippen molar-refractivity contribution in [3.05, 3.63) is 24.0 Å². The van der Waals surface area contributed by atoms with Gasteiger partial charge in [0.15, 0.2) is 5.65 Å². The fraction of sp³-hybridized carbons (Fsp3) is 0.600. The van der Waals surface area contributed by atoms with Crippen molar-refractivity contribution < 1.29 is 0 Å². The van der Waals surface area contributed by atoms with Gasteiger partial charge in [0, 0.05) is 29.9 Å². The third kappa shape index (κ3) is 2.50. The highest BCUT2D eigenvalue weighted by molar-refractivity contribution is 5.50. The maximum absolute atomic E-state index is 6.00. The lowest BCUT2D eigenvalue weighted by Crippen LogP contribution is -2.22. The summed E-state index contributed by atoms with van der Waals surface area (Å²) in [5.41, 5.74) is 8.04. The van der Waals surface area contributed by atoms with Crippen molar-refractivity contribution in [1.29, 1.82) is 0 Å². The van der Waals surface area contributed by atoms with Crippen LogP contribution >= 0.6 is 0 Å². The molecule has 3 rings (SSSR count). The minimum atomic E-state index is 0.330. The van der Waals surface area contributed by atoms with E-state index in [1.54, 1.807) is 6.20 Å². The van der Waals surface area contributed by atoms with Crippen LogP contribution in [0.25, 0.3) is 5.65 Å². The molecule has 3 atom stereocenters. The van der Waals surface area contributed by atoms with E-state index >= 15 is 0 Å². The van der Waals surface area contributed by atoms with Gasteiger partial charge in [-0.05, 0) is 31.6 Å². The second-order valence-electron chi connectivity index (χ2n) is 5.89. The number of rotatable bonds is 4. The number of nitrogens with zero attached hydrogens (tertiary/aromatic N) is 3. The highest BCUT2D eigenvalue weighted by Crippen LogP contribution is 2.25. The predicted molar refractivity (Wildman–Crippen MR) is 80.9 cm³/mol. The average Bonchev–Trinajstić information content (AvgIpc) is 3.06. The van der Waals surface area contributed by atoms with Crippen molar-refractivity contribution in [3.8, 4) is 0 Å². The zero-order valence-corrected chi connectivity index (χ0v) is 12.2. The number of hydrogen-bond donors (Lipinski definition) is 2. The summed E-state index contributed by atoms with van der Waals surface area (Å²) in [6, 6.07) is 4.87. The highest BCUT2D eigenvalue weighted by atomic mass is 15.3. The van der Waals surface area contributed by atoms with E-state index in [-0.39, 0.29) is 0 Å². The van der Waals surface area contributed by atoms with E-state index in [9.17, 15) is 0 Å². The second kappa shape index (κ2) is 5.40. The van der Waals surface area contributed by atoms with Crippen LogP contribution in [0.15, 0.2) is 18.3 Å². The molecule has 1 aliphatic rings. The van der Waals surface area contributed by atoms with Gasteiger partial charge >= 0.3 is 0 Å². The molecule has 2 heterocycles. The molecule has 1 saturated carbocycles. The molecule has 2 aromatic heterocycles. The number of hydrogen-bond acceptors (Lipinski definition) is 4. The first-order valence-electron chi connectivity index (χ1n) is 7.54. The van der Waals surface area contributed by atoms with Crippen LogP contribution in [0, 0.1) is 0 Å². The lowest BCUT2D eigenvalue weighted by molar-refractivity contribution is 0.680. The van der Waals surface area contributed by atoms with Crippen LogP contribution in [0.2, 0.25) is 0 Å². The van der Waals surface area contributed by atoms with Gasteiger partial charge < -0.3 is 11.1 Å². The average molecular weight is 273 g/mol. The Morgan fingerprint density at radius 1 is 1.50 bits per heavy atom. The molecule has 0 radical (unpaired) electrons. The Kier molecular flexibility index (Phi) is 3.61. The van der Waals surface area contributed by atoms with Gasteiger partial charge in [0.1, 0.15) is 5.82 Å². The lowest BCUT2D eigenvalue weighted by atomic mass is 10.0. The fourth-order valence-electron chi connectivity index (χ4n) is 2.85. The molecule has 0 spiro atoms. The quantitative estimate of drug-likeness (QED) is 0.898. The van der Waals surface area contributed by atoms with Crippen LogP contribution in [0.1, 0.15) is 51.1 Å². The van der Waals surface area contributed by atoms with E-state index in [1.807, 2.05) is 10.6 Å². The summed E-state index contributed by atoms with van der Waals surface area (Å²) < 4.78 is 1.88. The molecule has 3 N–H and O–H groups in total. The third-order valence-electron chi connectivity index (χ3n) is 4.32. The maximum Gasteiger partial charge on any atom is 0.157 e. The highest BCUT2D eigenvalue weighted by Gasteiger charge is 2.22. The second-order valence-corrected chi connectivity index (χ2v) is 5.89. The first kappa shape index (κ1) is 13.4. The smallest absolute Gasteiger partial charge is 0.157 e. The standard InChI is InChI=1S/C15H23N5/c1-3-10(2)13-9-15(18-12-5-4-11(16)8-12)20-14(19-13)6-7-17-20/h6-7,9-12,18H,3-5,8,16H2,1-2H3/t10?,11-,12+/m0/s1. The molecule has 1 unspecified atom stereocenters. The van der Waals surface area contributed by atoms with Crippen molar-refractivity contribution in [2.75, 3.05) is 5.32 Å². The van der Waals surface area contributed by atoms with Crippen LogP contribution < -0.4 is 11.1 Å². The largest absolute Gasteiger partial charge is 0.367 e. The Bertz CT molecular complexity index is 591. The Morgan fingerprint density at radius 3 is 3.05 bits per heavy atom. The molecular formula is C15H23N5. The van der Waals surface area contributed by atoms with Gasteiger partial charge in [0.25, 0.3) is 0 Å². The zero-order chi connectivity index (χ0) is 14.1. The summed E-state index contributed by atoms with van der Waals surface area (Å²) >= 11 is 0. The van der Waals surface area contributed by atoms with Crippen LogP contribution in [-0.2, 0) is 0 Å². The summed E-state index contributed by atoms with van der Waals surface area (Å²) in [5, 5.41) is 7.97. The molecule has 20 heavy (non-hydrogen) atoms. The molecule has 0 bridgehead atoms. The van der Waals surface area contributed by atoms with E-state index in [2.05, 4.69) is 30.3 Å². The normalized spacial score (nSPS) is 24.1.